The van der Waals surface area contributed by atoms with Crippen LogP contribution in [0, 0.1) is 12.7 Å². The lowest BCUT2D eigenvalue weighted by Gasteiger charge is -2.17. The normalized spacial score (nSPS) is 18.3. The van der Waals surface area contributed by atoms with Crippen molar-refractivity contribution in [1.82, 2.24) is 15.5 Å². The average Bonchev–Trinajstić information content (AvgIpc) is 3.14. The van der Waals surface area contributed by atoms with Crippen LogP contribution >= 0.6 is 12.4 Å². The van der Waals surface area contributed by atoms with Crippen LogP contribution in [0.3, 0.4) is 0 Å². The van der Waals surface area contributed by atoms with E-state index in [1.165, 1.54) is 11.0 Å². The zero-order valence-electron chi connectivity index (χ0n) is 14.5. The Morgan fingerprint density at radius 3 is 2.92 bits per heavy atom. The van der Waals surface area contributed by atoms with E-state index in [0.29, 0.717) is 30.4 Å². The van der Waals surface area contributed by atoms with Crippen molar-refractivity contribution < 1.29 is 13.7 Å². The number of anilines is 1. The second-order valence-electron chi connectivity index (χ2n) is 6.30. The van der Waals surface area contributed by atoms with Gasteiger partial charge < -0.3 is 14.7 Å². The number of amides is 1. The molecule has 25 heavy (non-hydrogen) atoms. The highest BCUT2D eigenvalue weighted by molar-refractivity contribution is 5.96. The third-order valence-corrected chi connectivity index (χ3v) is 4.33. The number of benzene rings is 1. The van der Waals surface area contributed by atoms with Gasteiger partial charge in [-0.1, -0.05) is 11.2 Å². The maximum atomic E-state index is 14.1. The van der Waals surface area contributed by atoms with Gasteiger partial charge in [-0.25, -0.2) is 4.39 Å². The smallest absolute Gasteiger partial charge is 0.232 e. The molecule has 2 heterocycles. The number of hydrogen-bond donors (Lipinski definition) is 1. The molecule has 2 aromatic rings. The predicted octanol–water partition coefficient (Wildman–Crippen LogP) is 2.61. The summed E-state index contributed by atoms with van der Waals surface area (Å²) in [6.07, 6.45) is 0.896. The zero-order chi connectivity index (χ0) is 17.3. The fourth-order valence-electron chi connectivity index (χ4n) is 2.83. The molecule has 136 valence electrons. The summed E-state index contributed by atoms with van der Waals surface area (Å²) in [5.41, 5.74) is 1.12. The lowest BCUT2D eigenvalue weighted by molar-refractivity contribution is -0.117. The molecule has 1 saturated heterocycles. The van der Waals surface area contributed by atoms with Crippen molar-refractivity contribution in [3.8, 4) is 0 Å². The summed E-state index contributed by atoms with van der Waals surface area (Å²) >= 11 is 0. The molecular weight excluding hydrogens is 347 g/mol. The van der Waals surface area contributed by atoms with Gasteiger partial charge in [0.15, 0.2) is 5.82 Å². The average molecular weight is 369 g/mol. The Bertz CT molecular complexity index is 752. The van der Waals surface area contributed by atoms with Crippen LogP contribution in [0.2, 0.25) is 0 Å². The molecule has 1 aromatic carbocycles. The van der Waals surface area contributed by atoms with Crippen LogP contribution in [0.1, 0.15) is 36.5 Å². The van der Waals surface area contributed by atoms with Crippen LogP contribution in [0.4, 0.5) is 10.1 Å². The van der Waals surface area contributed by atoms with Crippen molar-refractivity contribution in [2.24, 2.45) is 0 Å². The third kappa shape index (κ3) is 4.16. The van der Waals surface area contributed by atoms with E-state index in [1.807, 2.05) is 20.9 Å². The highest BCUT2D eigenvalue weighted by Crippen LogP contribution is 2.32. The summed E-state index contributed by atoms with van der Waals surface area (Å²) in [6.45, 7) is 4.19. The summed E-state index contributed by atoms with van der Waals surface area (Å²) in [5, 5.41) is 7.08. The first kappa shape index (κ1) is 19.3. The number of likely N-dealkylation sites (N-methyl/N-ethyl adjacent to an activating group) is 1. The molecule has 0 aliphatic carbocycles. The van der Waals surface area contributed by atoms with Crippen LogP contribution in [0.25, 0.3) is 0 Å². The van der Waals surface area contributed by atoms with E-state index in [-0.39, 0.29) is 36.7 Å². The van der Waals surface area contributed by atoms with Crippen molar-refractivity contribution in [1.29, 1.82) is 0 Å². The molecule has 8 heteroatoms. The predicted molar refractivity (Wildman–Crippen MR) is 94.6 cm³/mol. The van der Waals surface area contributed by atoms with Gasteiger partial charge in [0.25, 0.3) is 0 Å². The Balaban J connectivity index is 0.00000225. The molecule has 2 atom stereocenters. The van der Waals surface area contributed by atoms with Gasteiger partial charge in [-0.05, 0) is 38.6 Å². The van der Waals surface area contributed by atoms with E-state index >= 15 is 0 Å². The standard InChI is InChI=1S/C17H21FN4O2.ClH/c1-10-4-5-14(13(18)6-10)22-9-12(8-16(22)23)17-20-15(21-24-17)7-11(2)19-3;/h4-6,11-12,19H,7-9H2,1-3H3;1H. The molecule has 1 amide bonds. The highest BCUT2D eigenvalue weighted by Gasteiger charge is 2.36. The molecular formula is C17H22ClFN4O2. The molecule has 1 N–H and O–H groups in total. The number of aryl methyl sites for hydroxylation is 1. The van der Waals surface area contributed by atoms with Crippen LogP contribution in [0.15, 0.2) is 22.7 Å². The fourth-order valence-corrected chi connectivity index (χ4v) is 2.83. The van der Waals surface area contributed by atoms with Crippen molar-refractivity contribution >= 4 is 24.0 Å². The molecule has 3 rings (SSSR count). The first-order chi connectivity index (χ1) is 11.5. The topological polar surface area (TPSA) is 71.3 Å². The minimum atomic E-state index is -0.391. The third-order valence-electron chi connectivity index (χ3n) is 4.33. The quantitative estimate of drug-likeness (QED) is 0.878. The summed E-state index contributed by atoms with van der Waals surface area (Å²) in [7, 11) is 1.87. The first-order valence-electron chi connectivity index (χ1n) is 8.04. The number of carbonyl (C=O) groups is 1. The maximum absolute atomic E-state index is 14.1. The largest absolute Gasteiger partial charge is 0.339 e. The van der Waals surface area contributed by atoms with Gasteiger partial charge in [-0.2, -0.15) is 4.98 Å². The molecule has 6 nitrogen and oxygen atoms in total. The molecule has 1 fully saturated rings. The maximum Gasteiger partial charge on any atom is 0.232 e. The van der Waals surface area contributed by atoms with E-state index < -0.39 is 5.82 Å². The first-order valence-corrected chi connectivity index (χ1v) is 8.04. The Hall–Kier alpha value is -1.99. The Morgan fingerprint density at radius 2 is 2.24 bits per heavy atom. The second kappa shape index (κ2) is 7.93. The van der Waals surface area contributed by atoms with E-state index in [1.54, 1.807) is 12.1 Å². The van der Waals surface area contributed by atoms with Gasteiger partial charge in [0.2, 0.25) is 11.8 Å². The lowest BCUT2D eigenvalue weighted by Crippen LogP contribution is -2.25. The Labute approximate surface area is 152 Å². The van der Waals surface area contributed by atoms with Crippen molar-refractivity contribution in [2.75, 3.05) is 18.5 Å². The molecule has 1 aliphatic heterocycles. The number of nitrogens with zero attached hydrogens (tertiary/aromatic N) is 3. The van der Waals surface area contributed by atoms with Crippen molar-refractivity contribution in [2.45, 2.75) is 38.6 Å². The second-order valence-corrected chi connectivity index (χ2v) is 6.30. The molecule has 0 saturated carbocycles. The summed E-state index contributed by atoms with van der Waals surface area (Å²) < 4.78 is 19.5. The van der Waals surface area contributed by atoms with Gasteiger partial charge in [0.1, 0.15) is 5.82 Å². The lowest BCUT2D eigenvalue weighted by atomic mass is 10.1. The Morgan fingerprint density at radius 1 is 1.48 bits per heavy atom. The van der Waals surface area contributed by atoms with E-state index in [2.05, 4.69) is 15.5 Å². The molecule has 1 aromatic heterocycles. The van der Waals surface area contributed by atoms with Gasteiger partial charge in [-0.15, -0.1) is 12.4 Å². The molecule has 0 bridgehead atoms. The minimum Gasteiger partial charge on any atom is -0.339 e. The van der Waals surface area contributed by atoms with E-state index in [9.17, 15) is 9.18 Å². The van der Waals surface area contributed by atoms with Crippen LogP contribution < -0.4 is 10.2 Å². The SMILES string of the molecule is CNC(C)Cc1noc(C2CC(=O)N(c3ccc(C)cc3F)C2)n1.Cl. The minimum absolute atomic E-state index is 0. The fraction of sp³-hybridized carbons (Fsp3) is 0.471. The molecule has 0 spiro atoms. The number of halogens is 2. The summed E-state index contributed by atoms with van der Waals surface area (Å²) in [4.78, 5) is 18.1. The molecule has 0 radical (unpaired) electrons. The van der Waals surface area contributed by atoms with Gasteiger partial charge >= 0.3 is 0 Å². The number of aromatic nitrogens is 2. The number of hydrogen-bond acceptors (Lipinski definition) is 5. The Kier molecular flexibility index (Phi) is 6.13. The van der Waals surface area contributed by atoms with Gasteiger partial charge in [0.05, 0.1) is 11.6 Å². The van der Waals surface area contributed by atoms with E-state index in [4.69, 9.17) is 4.52 Å². The highest BCUT2D eigenvalue weighted by atomic mass is 35.5. The zero-order valence-corrected chi connectivity index (χ0v) is 15.3. The molecule has 1 aliphatic rings. The number of carbonyl (C=O) groups excluding carboxylic acids is 1. The van der Waals surface area contributed by atoms with Gasteiger partial charge in [0, 0.05) is 25.4 Å². The number of rotatable bonds is 5. The monoisotopic (exact) mass is 368 g/mol. The van der Waals surface area contributed by atoms with Crippen molar-refractivity contribution in [3.63, 3.8) is 0 Å². The number of nitrogens with one attached hydrogen (secondary N) is 1. The van der Waals surface area contributed by atoms with Crippen LogP contribution in [-0.4, -0.2) is 35.7 Å². The summed E-state index contributed by atoms with van der Waals surface area (Å²) in [6, 6.07) is 5.10. The van der Waals surface area contributed by atoms with Gasteiger partial charge in [-0.3, -0.25) is 4.79 Å². The van der Waals surface area contributed by atoms with Crippen molar-refractivity contribution in [3.05, 3.63) is 41.3 Å². The summed E-state index contributed by atoms with van der Waals surface area (Å²) in [5.74, 6) is 0.324. The van der Waals surface area contributed by atoms with E-state index in [0.717, 1.165) is 5.56 Å². The van der Waals surface area contributed by atoms with Crippen LogP contribution in [0.5, 0.6) is 0 Å². The molecule has 2 unspecified atom stereocenters. The van der Waals surface area contributed by atoms with Crippen LogP contribution in [-0.2, 0) is 11.2 Å².